The maximum atomic E-state index is 4.24. The summed E-state index contributed by atoms with van der Waals surface area (Å²) < 4.78 is 0. The minimum absolute atomic E-state index is 0. The Hall–Kier alpha value is -1.19. The van der Waals surface area contributed by atoms with Crippen molar-refractivity contribution in [2.45, 2.75) is 0 Å². The molecule has 0 aliphatic heterocycles. The fourth-order valence-electron chi connectivity index (χ4n) is 1.54. The molecule has 0 aliphatic rings. The molecule has 3 nitrogen and oxygen atoms in total. The van der Waals surface area contributed by atoms with E-state index in [2.05, 4.69) is 27.3 Å². The van der Waals surface area contributed by atoms with Gasteiger partial charge in [-0.1, -0.05) is 35.8 Å². The Balaban J connectivity index is 0.00000108. The van der Waals surface area contributed by atoms with Gasteiger partial charge in [0.15, 0.2) is 0 Å². The Labute approximate surface area is 124 Å². The number of para-hydroxylation sites is 1. The van der Waals surface area contributed by atoms with E-state index in [4.69, 9.17) is 0 Å². The first-order valence-electron chi connectivity index (χ1n) is 4.90. The number of fused-ring (bicyclic) bond motifs is 1. The Kier molecular flexibility index (Phi) is 3.92. The summed E-state index contributed by atoms with van der Waals surface area (Å²) in [5.41, 5.74) is 2.41. The van der Waals surface area contributed by atoms with Gasteiger partial charge in [0.05, 0.1) is 0 Å². The molecule has 0 N–H and O–H groups in total. The Morgan fingerprint density at radius 1 is 1.00 bits per heavy atom. The zero-order valence-corrected chi connectivity index (χ0v) is 11.8. The minimum atomic E-state index is 0. The topological polar surface area (TPSA) is 38.7 Å². The third-order valence-electron chi connectivity index (χ3n) is 2.30. The van der Waals surface area contributed by atoms with Gasteiger partial charge in [0.25, 0.3) is 0 Å². The smallest absolute Gasteiger partial charge is 0 e. The Morgan fingerprint density at radius 2 is 1.88 bits per heavy atom. The van der Waals surface area contributed by atoms with Crippen LogP contribution in [0.1, 0.15) is 0 Å². The monoisotopic (exact) mass is 294 g/mol. The molecule has 3 aromatic rings. The molecule has 17 heavy (non-hydrogen) atoms. The molecule has 0 saturated heterocycles. The van der Waals surface area contributed by atoms with Crippen LogP contribution in [0.15, 0.2) is 42.7 Å². The van der Waals surface area contributed by atoms with Gasteiger partial charge >= 0.3 is 0 Å². The van der Waals surface area contributed by atoms with Crippen molar-refractivity contribution in [1.29, 1.82) is 0 Å². The van der Waals surface area contributed by atoms with E-state index < -0.39 is 0 Å². The molecule has 4 heteroatoms. The van der Waals surface area contributed by atoms with Gasteiger partial charge in [-0.25, -0.2) is 5.56 Å². The Bertz CT molecular complexity index is 626. The molecule has 0 atom stereocenters. The standard InChI is InChI=1S/C13H7N3.Y/c1-2-4-12-10(3-1)7-11(8-16-12)13-9-14-5-6-15-13;/h1-7H;/q-2;. The van der Waals surface area contributed by atoms with Crippen molar-refractivity contribution < 1.29 is 32.7 Å². The number of aromatic nitrogens is 3. The van der Waals surface area contributed by atoms with E-state index in [0.29, 0.717) is 5.69 Å². The maximum absolute atomic E-state index is 4.24. The van der Waals surface area contributed by atoms with Crippen LogP contribution in [0, 0.1) is 12.4 Å². The Morgan fingerprint density at radius 3 is 2.71 bits per heavy atom. The van der Waals surface area contributed by atoms with Crippen molar-refractivity contribution in [3.05, 3.63) is 55.1 Å². The third-order valence-corrected chi connectivity index (χ3v) is 2.30. The molecule has 0 bridgehead atoms. The van der Waals surface area contributed by atoms with E-state index in [1.54, 1.807) is 12.4 Å². The van der Waals surface area contributed by atoms with Gasteiger partial charge in [-0.15, -0.1) is 18.1 Å². The van der Waals surface area contributed by atoms with Gasteiger partial charge in [-0.3, -0.25) is 0 Å². The third kappa shape index (κ3) is 2.56. The normalized spacial score (nSPS) is 9.88. The van der Waals surface area contributed by atoms with E-state index in [-0.39, 0.29) is 32.7 Å². The van der Waals surface area contributed by atoms with Crippen LogP contribution in [0.3, 0.4) is 0 Å². The van der Waals surface area contributed by atoms with Gasteiger partial charge in [0.1, 0.15) is 0 Å². The summed E-state index contributed by atoms with van der Waals surface area (Å²) >= 11 is 0. The summed E-state index contributed by atoms with van der Waals surface area (Å²) in [6.45, 7) is 0. The van der Waals surface area contributed by atoms with E-state index in [1.807, 2.05) is 30.3 Å². The van der Waals surface area contributed by atoms with E-state index in [0.717, 1.165) is 16.5 Å². The van der Waals surface area contributed by atoms with E-state index >= 15 is 0 Å². The summed E-state index contributed by atoms with van der Waals surface area (Å²) in [7, 11) is 0. The molecule has 0 amide bonds. The molecule has 2 heterocycles. The summed E-state index contributed by atoms with van der Waals surface area (Å²) in [6.07, 6.45) is 8.99. The van der Waals surface area contributed by atoms with Crippen molar-refractivity contribution in [1.82, 2.24) is 15.0 Å². The van der Waals surface area contributed by atoms with Crippen molar-refractivity contribution in [3.63, 3.8) is 0 Å². The average Bonchev–Trinajstić information content (AvgIpc) is 2.39. The largest absolute Gasteiger partial charge is 0.400 e. The number of rotatable bonds is 1. The molecule has 1 aromatic carbocycles. The number of nitrogens with zero attached hydrogens (tertiary/aromatic N) is 3. The second kappa shape index (κ2) is 5.43. The first-order chi connectivity index (χ1) is 7.93. The molecule has 0 spiro atoms. The van der Waals surface area contributed by atoms with Gasteiger partial charge in [-0.05, 0) is 11.7 Å². The van der Waals surface area contributed by atoms with Crippen LogP contribution in [-0.4, -0.2) is 15.0 Å². The van der Waals surface area contributed by atoms with E-state index in [1.165, 1.54) is 0 Å². The molecule has 1 radical (unpaired) electrons. The van der Waals surface area contributed by atoms with Crippen LogP contribution < -0.4 is 0 Å². The van der Waals surface area contributed by atoms with Crippen molar-refractivity contribution in [2.75, 3.05) is 0 Å². The zero-order chi connectivity index (χ0) is 10.8. The molecular weight excluding hydrogens is 287 g/mol. The fourth-order valence-corrected chi connectivity index (χ4v) is 1.54. The molecular formula is C13H7N3Y-2. The van der Waals surface area contributed by atoms with Crippen LogP contribution in [0.2, 0.25) is 0 Å². The van der Waals surface area contributed by atoms with Crippen LogP contribution >= 0.6 is 0 Å². The van der Waals surface area contributed by atoms with Crippen LogP contribution in [0.25, 0.3) is 22.2 Å². The maximum Gasteiger partial charge on any atom is 0 e. The van der Waals surface area contributed by atoms with Crippen molar-refractivity contribution in [3.8, 4) is 11.3 Å². The molecule has 0 fully saturated rings. The van der Waals surface area contributed by atoms with E-state index in [9.17, 15) is 0 Å². The molecule has 2 aromatic heterocycles. The second-order valence-corrected chi connectivity index (χ2v) is 3.36. The molecule has 3 rings (SSSR count). The van der Waals surface area contributed by atoms with Crippen LogP contribution in [0.4, 0.5) is 0 Å². The first-order valence-corrected chi connectivity index (χ1v) is 4.90. The molecule has 0 saturated carbocycles. The number of hydrogen-bond acceptors (Lipinski definition) is 3. The summed E-state index contributed by atoms with van der Waals surface area (Å²) in [6, 6.07) is 9.89. The minimum Gasteiger partial charge on any atom is -0.400 e. The summed E-state index contributed by atoms with van der Waals surface area (Å²) in [5, 5.41) is 1.07. The van der Waals surface area contributed by atoms with Crippen molar-refractivity contribution in [2.24, 2.45) is 0 Å². The molecule has 0 aliphatic carbocycles. The van der Waals surface area contributed by atoms with Crippen LogP contribution in [-0.2, 0) is 32.7 Å². The van der Waals surface area contributed by atoms with Gasteiger partial charge in [0, 0.05) is 32.7 Å². The fraction of sp³-hybridized carbons (Fsp3) is 0. The summed E-state index contributed by atoms with van der Waals surface area (Å²) in [4.78, 5) is 12.3. The number of hydrogen-bond donors (Lipinski definition) is 0. The van der Waals surface area contributed by atoms with Crippen LogP contribution in [0.5, 0.6) is 0 Å². The summed E-state index contributed by atoms with van der Waals surface area (Å²) in [5.74, 6) is 0. The van der Waals surface area contributed by atoms with Crippen molar-refractivity contribution >= 4 is 10.9 Å². The second-order valence-electron chi connectivity index (χ2n) is 3.36. The predicted molar refractivity (Wildman–Crippen MR) is 60.4 cm³/mol. The van der Waals surface area contributed by atoms with Gasteiger partial charge in [-0.2, -0.15) is 6.07 Å². The number of pyridine rings is 1. The van der Waals surface area contributed by atoms with Gasteiger partial charge in [0.2, 0.25) is 0 Å². The SMILES string of the molecule is [Y].[c-]1nc2ccccc2cc1-c1[c-]nccn1. The molecule has 0 unspecified atom stereocenters. The van der Waals surface area contributed by atoms with Gasteiger partial charge < -0.3 is 15.0 Å². The quantitative estimate of drug-likeness (QED) is 0.646. The zero-order valence-electron chi connectivity index (χ0n) is 8.96. The first kappa shape index (κ1) is 12.3. The average molecular weight is 294 g/mol. The predicted octanol–water partition coefficient (Wildman–Crippen LogP) is 2.29. The molecule has 79 valence electrons. The number of benzene rings is 1.